The topological polar surface area (TPSA) is 93.7 Å². The van der Waals surface area contributed by atoms with Crippen LogP contribution in [0.1, 0.15) is 23.5 Å². The Labute approximate surface area is 211 Å². The van der Waals surface area contributed by atoms with Crippen molar-refractivity contribution in [2.24, 2.45) is 0 Å². The molecule has 2 aromatic heterocycles. The molecule has 0 spiro atoms. The maximum atomic E-state index is 11.2. The highest BCUT2D eigenvalue weighted by Gasteiger charge is 2.42. The Kier molecular flexibility index (Phi) is 6.10. The molecule has 35 heavy (non-hydrogen) atoms. The molecule has 0 bridgehead atoms. The molecule has 0 aliphatic carbocycles. The fourth-order valence-corrected chi connectivity index (χ4v) is 4.65. The molecule has 4 aromatic rings. The lowest BCUT2D eigenvalue weighted by Crippen LogP contribution is -2.29. The number of nitrogens with zero attached hydrogens (tertiary/aromatic N) is 3. The largest absolute Gasteiger partial charge is 0.496 e. The van der Waals surface area contributed by atoms with Gasteiger partial charge in [-0.1, -0.05) is 17.7 Å². The second-order valence-electron chi connectivity index (χ2n) is 7.82. The molecule has 0 saturated carbocycles. The Balaban J connectivity index is 1.59. The molecule has 2 aromatic carbocycles. The SMILES string of the molecule is COc1cc([N+](=O)[O-])ccc1-c1ccc([C@H]2[C@@H](c3ccccn3)NC(=S)N2c2ccc(Cl)cc2)o1. The Morgan fingerprint density at radius 3 is 2.63 bits per heavy atom. The molecule has 0 radical (unpaired) electrons. The molecule has 8 nitrogen and oxygen atoms in total. The fraction of sp³-hybridized carbons (Fsp3) is 0.120. The molecule has 176 valence electrons. The van der Waals surface area contributed by atoms with Crippen LogP contribution in [0.2, 0.25) is 5.02 Å². The van der Waals surface area contributed by atoms with E-state index in [1.807, 2.05) is 47.4 Å². The van der Waals surface area contributed by atoms with Crippen LogP contribution in [0.5, 0.6) is 5.75 Å². The second kappa shape index (κ2) is 9.36. The molecule has 10 heteroatoms. The quantitative estimate of drug-likeness (QED) is 0.191. The van der Waals surface area contributed by atoms with Crippen molar-refractivity contribution in [1.82, 2.24) is 10.3 Å². The van der Waals surface area contributed by atoms with E-state index in [0.717, 1.165) is 11.4 Å². The number of nitrogens with one attached hydrogen (secondary N) is 1. The van der Waals surface area contributed by atoms with Crippen LogP contribution in [-0.2, 0) is 0 Å². The first kappa shape index (κ1) is 22.8. The Bertz CT molecular complexity index is 1390. The number of methoxy groups -OCH3 is 1. The van der Waals surface area contributed by atoms with E-state index in [9.17, 15) is 10.1 Å². The number of hydrogen-bond acceptors (Lipinski definition) is 6. The summed E-state index contributed by atoms with van der Waals surface area (Å²) in [5, 5.41) is 15.7. The lowest BCUT2D eigenvalue weighted by Gasteiger charge is -2.26. The first-order valence-corrected chi connectivity index (χ1v) is 11.4. The minimum atomic E-state index is -0.466. The van der Waals surface area contributed by atoms with Crippen LogP contribution in [0, 0.1) is 10.1 Å². The predicted octanol–water partition coefficient (Wildman–Crippen LogP) is 6.09. The molecule has 1 N–H and O–H groups in total. The second-order valence-corrected chi connectivity index (χ2v) is 8.64. The number of halogens is 1. The average molecular weight is 507 g/mol. The highest BCUT2D eigenvalue weighted by Crippen LogP contribution is 2.44. The van der Waals surface area contributed by atoms with E-state index in [1.165, 1.54) is 19.2 Å². The van der Waals surface area contributed by atoms with Crippen LogP contribution in [0.4, 0.5) is 11.4 Å². The monoisotopic (exact) mass is 506 g/mol. The third kappa shape index (κ3) is 4.31. The van der Waals surface area contributed by atoms with Gasteiger partial charge in [-0.2, -0.15) is 0 Å². The summed E-state index contributed by atoms with van der Waals surface area (Å²) in [6.45, 7) is 0. The van der Waals surface area contributed by atoms with Gasteiger partial charge in [-0.15, -0.1) is 0 Å². The summed E-state index contributed by atoms with van der Waals surface area (Å²) < 4.78 is 11.7. The zero-order valence-corrected chi connectivity index (χ0v) is 20.0. The number of furan rings is 1. The van der Waals surface area contributed by atoms with Crippen molar-refractivity contribution in [3.8, 4) is 17.1 Å². The van der Waals surface area contributed by atoms with Gasteiger partial charge in [-0.3, -0.25) is 15.1 Å². The number of ether oxygens (including phenoxy) is 1. The summed E-state index contributed by atoms with van der Waals surface area (Å²) in [5.41, 5.74) is 2.19. The predicted molar refractivity (Wildman–Crippen MR) is 137 cm³/mol. The van der Waals surface area contributed by atoms with Crippen LogP contribution in [0.15, 0.2) is 83.4 Å². The van der Waals surface area contributed by atoms with Gasteiger partial charge in [-0.05, 0) is 66.8 Å². The number of non-ortho nitro benzene ring substituents is 1. The summed E-state index contributed by atoms with van der Waals surface area (Å²) >= 11 is 11.8. The summed E-state index contributed by atoms with van der Waals surface area (Å²) in [4.78, 5) is 17.2. The summed E-state index contributed by atoms with van der Waals surface area (Å²) in [6, 6.07) is 20.6. The van der Waals surface area contributed by atoms with Crippen LogP contribution in [0.3, 0.4) is 0 Å². The molecule has 0 amide bonds. The maximum Gasteiger partial charge on any atom is 0.273 e. The van der Waals surface area contributed by atoms with Gasteiger partial charge in [-0.25, -0.2) is 0 Å². The summed E-state index contributed by atoms with van der Waals surface area (Å²) in [5.74, 6) is 1.50. The van der Waals surface area contributed by atoms with E-state index in [2.05, 4.69) is 10.3 Å². The molecule has 3 heterocycles. The van der Waals surface area contributed by atoms with Gasteiger partial charge in [0.15, 0.2) is 5.11 Å². The highest BCUT2D eigenvalue weighted by atomic mass is 35.5. The van der Waals surface area contributed by atoms with Crippen LogP contribution in [-0.4, -0.2) is 22.1 Å². The number of nitro groups is 1. The Morgan fingerprint density at radius 1 is 1.14 bits per heavy atom. The summed E-state index contributed by atoms with van der Waals surface area (Å²) in [6.07, 6.45) is 1.73. The van der Waals surface area contributed by atoms with E-state index in [1.54, 1.807) is 24.4 Å². The third-order valence-corrected chi connectivity index (χ3v) is 6.35. The van der Waals surface area contributed by atoms with Gasteiger partial charge < -0.3 is 19.4 Å². The lowest BCUT2D eigenvalue weighted by atomic mass is 10.0. The number of hydrogen-bond donors (Lipinski definition) is 1. The zero-order chi connectivity index (χ0) is 24.5. The zero-order valence-electron chi connectivity index (χ0n) is 18.4. The van der Waals surface area contributed by atoms with Crippen LogP contribution >= 0.6 is 23.8 Å². The van der Waals surface area contributed by atoms with E-state index in [-0.39, 0.29) is 17.8 Å². The van der Waals surface area contributed by atoms with E-state index in [4.69, 9.17) is 33.0 Å². The number of aromatic nitrogens is 1. The van der Waals surface area contributed by atoms with Gasteiger partial charge >= 0.3 is 0 Å². The van der Waals surface area contributed by atoms with E-state index >= 15 is 0 Å². The number of anilines is 1. The fourth-order valence-electron chi connectivity index (χ4n) is 4.18. The molecule has 1 fully saturated rings. The lowest BCUT2D eigenvalue weighted by molar-refractivity contribution is -0.384. The minimum Gasteiger partial charge on any atom is -0.496 e. The molecule has 0 unspecified atom stereocenters. The Morgan fingerprint density at radius 2 is 1.94 bits per heavy atom. The van der Waals surface area contributed by atoms with Crippen molar-refractivity contribution >= 4 is 40.3 Å². The van der Waals surface area contributed by atoms with Gasteiger partial charge in [0.2, 0.25) is 0 Å². The minimum absolute atomic E-state index is 0.0631. The molecule has 5 rings (SSSR count). The molecule has 1 saturated heterocycles. The molecule has 1 aliphatic rings. The Hall–Kier alpha value is -3.95. The van der Waals surface area contributed by atoms with Gasteiger partial charge in [0.25, 0.3) is 5.69 Å². The van der Waals surface area contributed by atoms with E-state index in [0.29, 0.717) is 33.0 Å². The van der Waals surface area contributed by atoms with Crippen molar-refractivity contribution in [2.45, 2.75) is 12.1 Å². The number of thiocarbonyl (C=S) groups is 1. The molecule has 2 atom stereocenters. The first-order valence-electron chi connectivity index (χ1n) is 10.6. The first-order chi connectivity index (χ1) is 17.0. The number of rotatable bonds is 6. The maximum absolute atomic E-state index is 11.2. The molecular weight excluding hydrogens is 488 g/mol. The standard InChI is InChI=1S/C25H19ClN4O4S/c1-33-22-14-17(30(31)32)9-10-18(22)20-11-12-21(34-20)24-23(19-4-2-3-13-27-19)28-25(35)29(24)16-7-5-15(26)6-8-16/h2-14,23-24H,1H3,(H,28,35)/t23-,24+/m1/s1. The smallest absolute Gasteiger partial charge is 0.273 e. The molecule has 1 aliphatic heterocycles. The number of pyridine rings is 1. The number of nitro benzene ring substituents is 1. The van der Waals surface area contributed by atoms with Crippen LogP contribution < -0.4 is 15.0 Å². The number of benzene rings is 2. The van der Waals surface area contributed by atoms with Gasteiger partial charge in [0, 0.05) is 23.0 Å². The van der Waals surface area contributed by atoms with Crippen molar-refractivity contribution in [3.05, 3.63) is 106 Å². The van der Waals surface area contributed by atoms with Gasteiger partial charge in [0.1, 0.15) is 23.3 Å². The van der Waals surface area contributed by atoms with Crippen molar-refractivity contribution < 1.29 is 14.1 Å². The van der Waals surface area contributed by atoms with Crippen molar-refractivity contribution in [1.29, 1.82) is 0 Å². The normalized spacial score (nSPS) is 17.3. The van der Waals surface area contributed by atoms with Crippen molar-refractivity contribution in [3.63, 3.8) is 0 Å². The third-order valence-electron chi connectivity index (χ3n) is 5.78. The van der Waals surface area contributed by atoms with Crippen molar-refractivity contribution in [2.75, 3.05) is 12.0 Å². The van der Waals surface area contributed by atoms with Crippen LogP contribution in [0.25, 0.3) is 11.3 Å². The highest BCUT2D eigenvalue weighted by molar-refractivity contribution is 7.80. The summed E-state index contributed by atoms with van der Waals surface area (Å²) in [7, 11) is 1.46. The van der Waals surface area contributed by atoms with E-state index < -0.39 is 4.92 Å². The van der Waals surface area contributed by atoms with Gasteiger partial charge in [0.05, 0.1) is 35.4 Å². The molecular formula is C25H19ClN4O4S. The average Bonchev–Trinajstić information content (AvgIpc) is 3.49.